The molecular formula is C28H31BrClN3O4S. The Morgan fingerprint density at radius 3 is 2.24 bits per heavy atom. The summed E-state index contributed by atoms with van der Waals surface area (Å²) in [4.78, 5) is 28.8. The number of likely N-dealkylation sites (N-methyl/N-ethyl adjacent to an activating group) is 1. The lowest BCUT2D eigenvalue weighted by atomic mass is 10.0. The molecule has 0 fully saturated rings. The van der Waals surface area contributed by atoms with Gasteiger partial charge in [0.25, 0.3) is 0 Å². The van der Waals surface area contributed by atoms with Crippen molar-refractivity contribution in [3.05, 3.63) is 99.0 Å². The molecule has 7 nitrogen and oxygen atoms in total. The summed E-state index contributed by atoms with van der Waals surface area (Å²) in [5.74, 6) is -0.810. The van der Waals surface area contributed by atoms with Gasteiger partial charge in [0, 0.05) is 29.0 Å². The molecule has 0 bridgehead atoms. The van der Waals surface area contributed by atoms with Crippen LogP contribution in [0.4, 0.5) is 5.69 Å². The van der Waals surface area contributed by atoms with Gasteiger partial charge in [-0.2, -0.15) is 0 Å². The molecular weight excluding hydrogens is 590 g/mol. The summed E-state index contributed by atoms with van der Waals surface area (Å²) < 4.78 is 27.7. The third-order valence-electron chi connectivity index (χ3n) is 6.00. The minimum absolute atomic E-state index is 0.123. The molecule has 202 valence electrons. The monoisotopic (exact) mass is 619 g/mol. The maximum Gasteiger partial charge on any atom is 0.244 e. The van der Waals surface area contributed by atoms with Crippen LogP contribution >= 0.6 is 27.5 Å². The van der Waals surface area contributed by atoms with E-state index in [4.69, 9.17) is 11.6 Å². The van der Waals surface area contributed by atoms with Gasteiger partial charge in [-0.05, 0) is 60.9 Å². The first-order valence-corrected chi connectivity index (χ1v) is 15.1. The first kappa shape index (κ1) is 29.7. The van der Waals surface area contributed by atoms with E-state index in [0.29, 0.717) is 22.8 Å². The normalized spacial score (nSPS) is 12.0. The molecule has 0 aliphatic heterocycles. The molecule has 3 aromatic rings. The van der Waals surface area contributed by atoms with Gasteiger partial charge in [0.15, 0.2) is 0 Å². The Bertz CT molecular complexity index is 1370. The summed E-state index contributed by atoms with van der Waals surface area (Å²) in [5.41, 5.74) is 2.65. The van der Waals surface area contributed by atoms with Crippen molar-refractivity contribution in [2.24, 2.45) is 0 Å². The number of benzene rings is 3. The lowest BCUT2D eigenvalue weighted by Crippen LogP contribution is -2.53. The SMILES string of the molecule is CCNC(=O)[C@H](Cc1ccccc1)N(Cc1ccc(Br)cc1)C(=O)CN(c1ccc(Cl)cc1C)S(C)(=O)=O. The highest BCUT2D eigenvalue weighted by atomic mass is 79.9. The second-order valence-corrected chi connectivity index (χ2v) is 12.2. The van der Waals surface area contributed by atoms with Crippen molar-refractivity contribution in [1.82, 2.24) is 10.2 Å². The predicted octanol–water partition coefficient (Wildman–Crippen LogP) is 4.95. The molecule has 2 amide bonds. The lowest BCUT2D eigenvalue weighted by Gasteiger charge is -2.33. The van der Waals surface area contributed by atoms with Gasteiger partial charge < -0.3 is 10.2 Å². The van der Waals surface area contributed by atoms with Crippen LogP contribution in [0.1, 0.15) is 23.6 Å². The van der Waals surface area contributed by atoms with Crippen LogP contribution in [-0.2, 0) is 32.6 Å². The molecule has 0 aliphatic carbocycles. The maximum absolute atomic E-state index is 14.0. The number of anilines is 1. The third-order valence-corrected chi connectivity index (χ3v) is 7.89. The fraction of sp³-hybridized carbons (Fsp3) is 0.286. The summed E-state index contributed by atoms with van der Waals surface area (Å²) in [6, 6.07) is 20.8. The van der Waals surface area contributed by atoms with Gasteiger partial charge in [-0.15, -0.1) is 0 Å². The zero-order valence-electron chi connectivity index (χ0n) is 21.5. The molecule has 0 saturated carbocycles. The van der Waals surface area contributed by atoms with Crippen molar-refractivity contribution in [3.63, 3.8) is 0 Å². The third kappa shape index (κ3) is 8.06. The average molecular weight is 621 g/mol. The molecule has 0 aromatic heterocycles. The van der Waals surface area contributed by atoms with Gasteiger partial charge in [0.2, 0.25) is 21.8 Å². The highest BCUT2D eigenvalue weighted by Gasteiger charge is 2.33. The Morgan fingerprint density at radius 1 is 1.00 bits per heavy atom. The minimum Gasteiger partial charge on any atom is -0.355 e. The van der Waals surface area contributed by atoms with Gasteiger partial charge in [-0.25, -0.2) is 8.42 Å². The molecule has 10 heteroatoms. The standard InChI is InChI=1S/C28H31BrClN3O4S/c1-4-31-28(35)26(17-21-8-6-5-7-9-21)32(18-22-10-12-23(29)13-11-22)27(34)19-33(38(3,36)37)25-15-14-24(30)16-20(25)2/h5-16,26H,4,17-19H2,1-3H3,(H,31,35)/t26-/m0/s1. The molecule has 0 unspecified atom stereocenters. The van der Waals surface area contributed by atoms with E-state index in [9.17, 15) is 18.0 Å². The number of nitrogens with zero attached hydrogens (tertiary/aromatic N) is 2. The van der Waals surface area contributed by atoms with Crippen molar-refractivity contribution in [3.8, 4) is 0 Å². The largest absolute Gasteiger partial charge is 0.355 e. The summed E-state index contributed by atoms with van der Waals surface area (Å²) in [7, 11) is -3.84. The van der Waals surface area contributed by atoms with E-state index in [-0.39, 0.29) is 18.9 Å². The van der Waals surface area contributed by atoms with E-state index >= 15 is 0 Å². The van der Waals surface area contributed by atoms with Crippen molar-refractivity contribution >= 4 is 55.1 Å². The van der Waals surface area contributed by atoms with E-state index in [2.05, 4.69) is 21.2 Å². The van der Waals surface area contributed by atoms with Gasteiger partial charge in [-0.3, -0.25) is 13.9 Å². The summed E-state index contributed by atoms with van der Waals surface area (Å²) >= 11 is 9.51. The molecule has 0 radical (unpaired) electrons. The molecule has 0 heterocycles. The van der Waals surface area contributed by atoms with Gasteiger partial charge in [0.05, 0.1) is 11.9 Å². The Balaban J connectivity index is 2.05. The molecule has 0 saturated heterocycles. The number of nitrogens with one attached hydrogen (secondary N) is 1. The molecule has 1 atom stereocenters. The van der Waals surface area contributed by atoms with Crippen molar-refractivity contribution in [2.75, 3.05) is 23.7 Å². The van der Waals surface area contributed by atoms with Gasteiger partial charge >= 0.3 is 0 Å². The molecule has 38 heavy (non-hydrogen) atoms. The zero-order valence-corrected chi connectivity index (χ0v) is 24.7. The van der Waals surface area contributed by atoms with Crippen LogP contribution in [0, 0.1) is 6.92 Å². The van der Waals surface area contributed by atoms with E-state index in [1.54, 1.807) is 25.1 Å². The second kappa shape index (κ2) is 13.3. The second-order valence-electron chi connectivity index (χ2n) is 8.95. The van der Waals surface area contributed by atoms with Crippen LogP contribution < -0.4 is 9.62 Å². The highest BCUT2D eigenvalue weighted by molar-refractivity contribution is 9.10. The summed E-state index contributed by atoms with van der Waals surface area (Å²) in [6.45, 7) is 3.59. The molecule has 0 aliphatic rings. The summed E-state index contributed by atoms with van der Waals surface area (Å²) in [6.07, 6.45) is 1.33. The fourth-order valence-electron chi connectivity index (χ4n) is 4.13. The number of halogens is 2. The Morgan fingerprint density at radius 2 is 1.66 bits per heavy atom. The first-order chi connectivity index (χ1) is 18.0. The van der Waals surface area contributed by atoms with Crippen LogP contribution in [0.15, 0.2) is 77.3 Å². The smallest absolute Gasteiger partial charge is 0.244 e. The molecule has 1 N–H and O–H groups in total. The predicted molar refractivity (Wildman–Crippen MR) is 156 cm³/mol. The van der Waals surface area contributed by atoms with E-state index < -0.39 is 28.5 Å². The van der Waals surface area contributed by atoms with Crippen LogP contribution in [0.2, 0.25) is 5.02 Å². The number of aryl methyl sites for hydroxylation is 1. The highest BCUT2D eigenvalue weighted by Crippen LogP contribution is 2.26. The van der Waals surface area contributed by atoms with E-state index in [1.165, 1.54) is 4.90 Å². The molecule has 0 spiro atoms. The van der Waals surface area contributed by atoms with Crippen molar-refractivity contribution in [1.29, 1.82) is 0 Å². The van der Waals surface area contributed by atoms with Crippen LogP contribution in [0.5, 0.6) is 0 Å². The van der Waals surface area contributed by atoms with Crippen LogP contribution in [0.25, 0.3) is 0 Å². The number of carbonyl (C=O) groups excluding carboxylic acids is 2. The molecule has 3 rings (SSSR count). The quantitative estimate of drug-likeness (QED) is 0.329. The van der Waals surface area contributed by atoms with E-state index in [1.807, 2.05) is 61.5 Å². The summed E-state index contributed by atoms with van der Waals surface area (Å²) in [5, 5.41) is 3.30. The fourth-order valence-corrected chi connectivity index (χ4v) is 5.52. The number of rotatable bonds is 11. The maximum atomic E-state index is 14.0. The minimum atomic E-state index is -3.84. The number of hydrogen-bond donors (Lipinski definition) is 1. The number of sulfonamides is 1. The Labute approximate surface area is 238 Å². The first-order valence-electron chi connectivity index (χ1n) is 12.1. The topological polar surface area (TPSA) is 86.8 Å². The van der Waals surface area contributed by atoms with Crippen molar-refractivity contribution < 1.29 is 18.0 Å². The molecule has 3 aromatic carbocycles. The number of carbonyl (C=O) groups is 2. The van der Waals surface area contributed by atoms with Gasteiger partial charge in [0.1, 0.15) is 12.6 Å². The van der Waals surface area contributed by atoms with E-state index in [0.717, 1.165) is 26.2 Å². The van der Waals surface area contributed by atoms with Gasteiger partial charge in [-0.1, -0.05) is 70.0 Å². The number of hydrogen-bond acceptors (Lipinski definition) is 4. The van der Waals surface area contributed by atoms with Crippen molar-refractivity contribution in [2.45, 2.75) is 32.9 Å². The lowest BCUT2D eigenvalue weighted by molar-refractivity contribution is -0.140. The zero-order chi connectivity index (χ0) is 27.9. The van der Waals surface area contributed by atoms with Crippen LogP contribution in [0.3, 0.4) is 0 Å². The Hall–Kier alpha value is -2.88. The number of amides is 2. The Kier molecular flexibility index (Phi) is 10.4. The van der Waals surface area contributed by atoms with Crippen LogP contribution in [-0.4, -0.2) is 50.5 Å². The average Bonchev–Trinajstić information content (AvgIpc) is 2.86.